The van der Waals surface area contributed by atoms with Crippen LogP contribution in [0.15, 0.2) is 34.9 Å². The van der Waals surface area contributed by atoms with Gasteiger partial charge < -0.3 is 10.4 Å². The van der Waals surface area contributed by atoms with Crippen molar-refractivity contribution < 1.29 is 14.3 Å². The number of pyridine rings is 1. The molecule has 6 heteroatoms. The van der Waals surface area contributed by atoms with Gasteiger partial charge in [-0.15, -0.1) is 0 Å². The van der Waals surface area contributed by atoms with Crippen LogP contribution in [0.3, 0.4) is 0 Å². The predicted molar refractivity (Wildman–Crippen MR) is 73.3 cm³/mol. The van der Waals surface area contributed by atoms with Crippen molar-refractivity contribution in [2.45, 2.75) is 6.92 Å². The van der Waals surface area contributed by atoms with Crippen LogP contribution in [0.25, 0.3) is 0 Å². The fourth-order valence-corrected chi connectivity index (χ4v) is 1.94. The van der Waals surface area contributed by atoms with Crippen LogP contribution in [0.1, 0.15) is 16.1 Å². The van der Waals surface area contributed by atoms with Crippen molar-refractivity contribution in [1.29, 1.82) is 0 Å². The minimum absolute atomic E-state index is 0.0612. The first kappa shape index (κ1) is 13.5. The fourth-order valence-electron chi connectivity index (χ4n) is 1.56. The average molecular weight is 325 g/mol. The number of aromatic carboxylic acids is 1. The van der Waals surface area contributed by atoms with Gasteiger partial charge in [0.1, 0.15) is 11.4 Å². The highest BCUT2D eigenvalue weighted by atomic mass is 79.9. The maximum Gasteiger partial charge on any atom is 0.339 e. The number of nitrogens with zero attached hydrogens (tertiary/aromatic N) is 1. The van der Waals surface area contributed by atoms with E-state index in [0.29, 0.717) is 21.5 Å². The Balaban J connectivity index is 2.39. The number of hydrogen-bond acceptors (Lipinski definition) is 3. The first-order valence-electron chi connectivity index (χ1n) is 5.39. The van der Waals surface area contributed by atoms with Gasteiger partial charge in [-0.1, -0.05) is 0 Å². The summed E-state index contributed by atoms with van der Waals surface area (Å²) in [5.41, 5.74) is 1.75. The Morgan fingerprint density at radius 2 is 2.16 bits per heavy atom. The second-order valence-electron chi connectivity index (χ2n) is 3.93. The quantitative estimate of drug-likeness (QED) is 0.902. The normalized spacial score (nSPS) is 10.3. The average Bonchev–Trinajstić information content (AvgIpc) is 2.33. The lowest BCUT2D eigenvalue weighted by Gasteiger charge is -2.10. The lowest BCUT2D eigenvalue weighted by molar-refractivity contribution is 0.0697. The van der Waals surface area contributed by atoms with Crippen molar-refractivity contribution in [3.63, 3.8) is 0 Å². The van der Waals surface area contributed by atoms with Crippen LogP contribution < -0.4 is 5.32 Å². The van der Waals surface area contributed by atoms with Gasteiger partial charge in [0.15, 0.2) is 0 Å². The van der Waals surface area contributed by atoms with Crippen LogP contribution in [0.4, 0.5) is 15.8 Å². The minimum Gasteiger partial charge on any atom is -0.478 e. The molecule has 1 aromatic heterocycles. The van der Waals surface area contributed by atoms with Crippen molar-refractivity contribution in [2.24, 2.45) is 0 Å². The van der Waals surface area contributed by atoms with E-state index in [0.717, 1.165) is 0 Å². The molecule has 0 bridgehead atoms. The Kier molecular flexibility index (Phi) is 3.80. The smallest absolute Gasteiger partial charge is 0.339 e. The van der Waals surface area contributed by atoms with E-state index < -0.39 is 5.97 Å². The molecule has 2 rings (SSSR count). The number of aryl methyl sites for hydroxylation is 1. The molecular weight excluding hydrogens is 315 g/mol. The second kappa shape index (κ2) is 5.36. The molecule has 0 aliphatic heterocycles. The molecule has 19 heavy (non-hydrogen) atoms. The van der Waals surface area contributed by atoms with Crippen LogP contribution in [-0.4, -0.2) is 16.1 Å². The summed E-state index contributed by atoms with van der Waals surface area (Å²) < 4.78 is 13.4. The Morgan fingerprint density at radius 3 is 2.79 bits per heavy atom. The molecule has 0 saturated carbocycles. The van der Waals surface area contributed by atoms with Crippen molar-refractivity contribution in [2.75, 3.05) is 5.32 Å². The molecule has 0 atom stereocenters. The number of benzene rings is 1. The topological polar surface area (TPSA) is 62.2 Å². The van der Waals surface area contributed by atoms with Gasteiger partial charge in [0.25, 0.3) is 0 Å². The van der Waals surface area contributed by atoms with Gasteiger partial charge >= 0.3 is 5.97 Å². The van der Waals surface area contributed by atoms with Crippen molar-refractivity contribution >= 4 is 33.3 Å². The van der Waals surface area contributed by atoms with Gasteiger partial charge in [0.05, 0.1) is 10.2 Å². The summed E-state index contributed by atoms with van der Waals surface area (Å²) >= 11 is 3.08. The Labute approximate surface area is 117 Å². The van der Waals surface area contributed by atoms with Gasteiger partial charge in [-0.2, -0.15) is 0 Å². The number of carboxylic acids is 1. The highest BCUT2D eigenvalue weighted by molar-refractivity contribution is 9.10. The summed E-state index contributed by atoms with van der Waals surface area (Å²) in [5, 5.41) is 12.0. The number of carbonyl (C=O) groups is 1. The molecule has 98 valence electrons. The number of hydrogen-bond donors (Lipinski definition) is 2. The number of anilines is 2. The van der Waals surface area contributed by atoms with Crippen LogP contribution in [0, 0.1) is 12.7 Å². The minimum atomic E-state index is -1.07. The molecule has 0 aliphatic rings. The van der Waals surface area contributed by atoms with E-state index in [9.17, 15) is 9.18 Å². The Morgan fingerprint density at radius 1 is 1.42 bits per heavy atom. The number of rotatable bonds is 3. The summed E-state index contributed by atoms with van der Waals surface area (Å²) in [6, 6.07) is 5.99. The van der Waals surface area contributed by atoms with Gasteiger partial charge in [-0.05, 0) is 47.1 Å². The predicted octanol–water partition coefficient (Wildman–Crippen LogP) is 3.73. The molecule has 0 spiro atoms. The summed E-state index contributed by atoms with van der Waals surface area (Å²) in [7, 11) is 0. The van der Waals surface area contributed by atoms with Crippen LogP contribution in [0.5, 0.6) is 0 Å². The van der Waals surface area contributed by atoms with Crippen molar-refractivity contribution in [3.05, 3.63) is 52.0 Å². The lowest BCUT2D eigenvalue weighted by Crippen LogP contribution is -2.04. The van der Waals surface area contributed by atoms with Crippen LogP contribution in [0.2, 0.25) is 0 Å². The monoisotopic (exact) mass is 324 g/mol. The Bertz CT molecular complexity index is 647. The van der Waals surface area contributed by atoms with Gasteiger partial charge in [0, 0.05) is 17.6 Å². The third-order valence-electron chi connectivity index (χ3n) is 2.47. The van der Waals surface area contributed by atoms with Gasteiger partial charge in [0.2, 0.25) is 0 Å². The van der Waals surface area contributed by atoms with E-state index in [2.05, 4.69) is 26.2 Å². The first-order chi connectivity index (χ1) is 8.97. The molecule has 0 unspecified atom stereocenters. The largest absolute Gasteiger partial charge is 0.478 e. The van der Waals surface area contributed by atoms with E-state index >= 15 is 0 Å². The fraction of sp³-hybridized carbons (Fsp3) is 0.0769. The molecule has 0 aliphatic carbocycles. The van der Waals surface area contributed by atoms with Gasteiger partial charge in [-0.25, -0.2) is 9.18 Å². The first-order valence-corrected chi connectivity index (χ1v) is 6.18. The van der Waals surface area contributed by atoms with E-state index in [1.54, 1.807) is 13.0 Å². The maximum atomic E-state index is 13.1. The molecule has 0 saturated heterocycles. The zero-order chi connectivity index (χ0) is 14.0. The third-order valence-corrected chi connectivity index (χ3v) is 3.08. The molecule has 0 amide bonds. The second-order valence-corrected chi connectivity index (χ2v) is 4.78. The highest BCUT2D eigenvalue weighted by Gasteiger charge is 2.11. The van der Waals surface area contributed by atoms with E-state index in [4.69, 9.17) is 5.11 Å². The van der Waals surface area contributed by atoms with E-state index in [-0.39, 0.29) is 11.4 Å². The van der Waals surface area contributed by atoms with E-state index in [1.165, 1.54) is 24.4 Å². The number of aromatic nitrogens is 1. The molecule has 1 aromatic carbocycles. The molecule has 0 radical (unpaired) electrons. The highest BCUT2D eigenvalue weighted by Crippen LogP contribution is 2.25. The van der Waals surface area contributed by atoms with Gasteiger partial charge in [-0.3, -0.25) is 4.98 Å². The summed E-state index contributed by atoms with van der Waals surface area (Å²) in [5.74, 6) is -1.45. The molecule has 2 N–H and O–H groups in total. The molecule has 2 aromatic rings. The number of carboxylic acid groups (broad SMARTS) is 1. The zero-order valence-electron chi connectivity index (χ0n) is 9.95. The molecule has 1 heterocycles. The lowest BCUT2D eigenvalue weighted by atomic mass is 10.2. The SMILES string of the molecule is Cc1cc(Nc2ccc(F)c(Br)c2)c(C(=O)O)cn1. The van der Waals surface area contributed by atoms with Crippen molar-refractivity contribution in [3.8, 4) is 0 Å². The Hall–Kier alpha value is -1.95. The third kappa shape index (κ3) is 3.08. The zero-order valence-corrected chi connectivity index (χ0v) is 11.5. The standard InChI is InChI=1S/C13H10BrFN2O2/c1-7-4-12(9(6-16-7)13(18)19)17-8-2-3-11(15)10(14)5-8/h2-6H,1H3,(H,16,17)(H,18,19). The summed E-state index contributed by atoms with van der Waals surface area (Å²) in [6.07, 6.45) is 1.29. The maximum absolute atomic E-state index is 13.1. The van der Waals surface area contributed by atoms with Crippen LogP contribution >= 0.6 is 15.9 Å². The van der Waals surface area contributed by atoms with Crippen molar-refractivity contribution in [1.82, 2.24) is 4.98 Å². The number of nitrogens with one attached hydrogen (secondary N) is 1. The van der Waals surface area contributed by atoms with E-state index in [1.807, 2.05) is 0 Å². The molecular formula is C13H10BrFN2O2. The van der Waals surface area contributed by atoms with Crippen LogP contribution in [-0.2, 0) is 0 Å². The molecule has 4 nitrogen and oxygen atoms in total. The number of halogens is 2. The summed E-state index contributed by atoms with van der Waals surface area (Å²) in [6.45, 7) is 1.76. The molecule has 0 fully saturated rings. The summed E-state index contributed by atoms with van der Waals surface area (Å²) in [4.78, 5) is 15.0.